The topological polar surface area (TPSA) is 0 Å². The van der Waals surface area contributed by atoms with Gasteiger partial charge in [0.25, 0.3) is 0 Å². The van der Waals surface area contributed by atoms with Crippen LogP contribution >= 0.6 is 17.2 Å². The molecule has 0 nitrogen and oxygen atoms in total. The van der Waals surface area contributed by atoms with Crippen LogP contribution in [-0.4, -0.2) is 0 Å². The van der Waals surface area contributed by atoms with Crippen molar-refractivity contribution in [3.05, 3.63) is 65.1 Å². The zero-order valence-corrected chi connectivity index (χ0v) is 19.6. The van der Waals surface area contributed by atoms with Gasteiger partial charge in [0.15, 0.2) is 0 Å². The van der Waals surface area contributed by atoms with Gasteiger partial charge in [-0.25, -0.2) is 0 Å². The summed E-state index contributed by atoms with van der Waals surface area (Å²) in [4.78, 5) is 0. The van der Waals surface area contributed by atoms with Gasteiger partial charge in [0, 0.05) is 6.42 Å². The Morgan fingerprint density at radius 3 is 1.54 bits per heavy atom. The second kappa shape index (κ2) is 10.8. The van der Waals surface area contributed by atoms with Gasteiger partial charge < -0.3 is 0 Å². The third-order valence-corrected chi connectivity index (χ3v) is 4.47. The minimum absolute atomic E-state index is 0.972. The Morgan fingerprint density at radius 2 is 1.17 bits per heavy atom. The fraction of sp³-hybridized carbons (Fsp3) is 0.381. The summed E-state index contributed by atoms with van der Waals surface area (Å²) in [5.74, 6) is 0. The summed E-state index contributed by atoms with van der Waals surface area (Å²) in [7, 11) is 9.92. The van der Waals surface area contributed by atoms with Crippen molar-refractivity contribution in [3.63, 3.8) is 0 Å². The molecule has 0 heterocycles. The van der Waals surface area contributed by atoms with Crippen molar-refractivity contribution in [1.82, 2.24) is 0 Å². The van der Waals surface area contributed by atoms with Gasteiger partial charge in [0.1, 0.15) is 0 Å². The average Bonchev–Trinajstić information content (AvgIpc) is 2.95. The third-order valence-electron chi connectivity index (χ3n) is 4.47. The number of hydrogen-bond donors (Lipinski definition) is 0. The van der Waals surface area contributed by atoms with E-state index >= 15 is 0 Å². The first kappa shape index (κ1) is 20.2. The maximum atomic E-state index is 4.96. The molecule has 3 heteroatoms. The van der Waals surface area contributed by atoms with Crippen LogP contribution in [0.15, 0.2) is 36.4 Å². The zero-order chi connectivity index (χ0) is 17.4. The van der Waals surface area contributed by atoms with E-state index in [2.05, 4.69) is 56.7 Å². The van der Waals surface area contributed by atoms with Crippen molar-refractivity contribution < 1.29 is 20.5 Å². The second-order valence-electron chi connectivity index (χ2n) is 6.27. The van der Waals surface area contributed by atoms with E-state index in [0.717, 1.165) is 0 Å². The molecule has 0 aromatic heterocycles. The first-order chi connectivity index (χ1) is 11.7. The molecule has 0 saturated carbocycles. The Kier molecular flexibility index (Phi) is 9.08. The summed E-state index contributed by atoms with van der Waals surface area (Å²) in [6.45, 7) is 4.51. The third kappa shape index (κ3) is 5.44. The van der Waals surface area contributed by atoms with Crippen LogP contribution < -0.4 is 0 Å². The molecule has 2 aromatic rings. The van der Waals surface area contributed by atoms with Crippen molar-refractivity contribution in [2.75, 3.05) is 0 Å². The molecule has 0 amide bonds. The first-order valence-corrected chi connectivity index (χ1v) is 17.7. The second-order valence-corrected chi connectivity index (χ2v) is 11.5. The van der Waals surface area contributed by atoms with Crippen molar-refractivity contribution >= 4 is 17.2 Å². The summed E-state index contributed by atoms with van der Waals surface area (Å²) in [5.41, 5.74) is 8.59. The van der Waals surface area contributed by atoms with Crippen LogP contribution in [0, 0.1) is 6.42 Å². The van der Waals surface area contributed by atoms with Crippen LogP contribution in [0.1, 0.15) is 61.8 Å². The summed E-state index contributed by atoms with van der Waals surface area (Å²) in [6, 6.07) is 14.0. The van der Waals surface area contributed by atoms with Gasteiger partial charge in [-0.3, -0.25) is 0 Å². The molecule has 0 saturated heterocycles. The summed E-state index contributed by atoms with van der Waals surface area (Å²) < 4.78 is 0. The molecule has 24 heavy (non-hydrogen) atoms. The summed E-state index contributed by atoms with van der Waals surface area (Å²) in [6.07, 6.45) is 9.88. The number of halogens is 2. The van der Waals surface area contributed by atoms with E-state index in [4.69, 9.17) is 17.2 Å². The molecular weight excluding hydrogens is 502 g/mol. The number of fused-ring (bicyclic) bond motifs is 3. The SMILES string of the molecule is CCCCc1ccc2c(c1)[CH]c1cc(CCCC)ccc1-2.[Cl][Hf][Cl]. The van der Waals surface area contributed by atoms with Gasteiger partial charge in [-0.15, -0.1) is 0 Å². The fourth-order valence-electron chi connectivity index (χ4n) is 3.19. The Hall–Kier alpha value is -0.110. The molecule has 0 aliphatic heterocycles. The molecule has 0 fully saturated rings. The summed E-state index contributed by atoms with van der Waals surface area (Å²) >= 11 is -0.972. The number of aryl methyl sites for hydroxylation is 2. The van der Waals surface area contributed by atoms with Crippen LogP contribution in [0.4, 0.5) is 0 Å². The monoisotopic (exact) mass is 527 g/mol. The van der Waals surface area contributed by atoms with Gasteiger partial charge in [-0.05, 0) is 59.1 Å². The van der Waals surface area contributed by atoms with E-state index in [1.807, 2.05) is 0 Å². The summed E-state index contributed by atoms with van der Waals surface area (Å²) in [5, 5.41) is 0. The van der Waals surface area contributed by atoms with Gasteiger partial charge in [-0.1, -0.05) is 63.1 Å². The molecule has 0 bridgehead atoms. The maximum absolute atomic E-state index is 4.96. The molecule has 0 N–H and O–H groups in total. The van der Waals surface area contributed by atoms with Gasteiger partial charge in [0.2, 0.25) is 0 Å². The molecule has 1 aliphatic rings. The molecule has 0 unspecified atom stereocenters. The Labute approximate surface area is 165 Å². The predicted octanol–water partition coefficient (Wildman–Crippen LogP) is 7.33. The fourth-order valence-corrected chi connectivity index (χ4v) is 3.19. The Bertz CT molecular complexity index is 597. The van der Waals surface area contributed by atoms with Crippen molar-refractivity contribution in [2.24, 2.45) is 0 Å². The van der Waals surface area contributed by atoms with Crippen molar-refractivity contribution in [1.29, 1.82) is 0 Å². The molecule has 127 valence electrons. The minimum atomic E-state index is -0.972. The normalized spacial score (nSPS) is 11.3. The van der Waals surface area contributed by atoms with Crippen molar-refractivity contribution in [2.45, 2.75) is 52.4 Å². The van der Waals surface area contributed by atoms with E-state index in [0.29, 0.717) is 0 Å². The van der Waals surface area contributed by atoms with E-state index in [1.165, 1.54) is 71.9 Å². The zero-order valence-electron chi connectivity index (χ0n) is 14.5. The molecule has 1 radical (unpaired) electrons. The molecule has 2 aromatic carbocycles. The standard InChI is InChI=1S/C21H25.2ClH.Hf/c1-3-5-7-16-9-11-20-18(13-16)15-19-14-17(8-6-4-2)10-12-21(19)20;;;/h9-15H,3-8H2,1-2H3;2*1H;/q;;;+2/p-2. The first-order valence-electron chi connectivity index (χ1n) is 8.80. The molecule has 0 spiro atoms. The predicted molar refractivity (Wildman–Crippen MR) is 103 cm³/mol. The Balaban J connectivity index is 0.000000647. The van der Waals surface area contributed by atoms with Crippen LogP contribution in [0.25, 0.3) is 11.1 Å². The quantitative estimate of drug-likeness (QED) is 0.295. The van der Waals surface area contributed by atoms with E-state index in [9.17, 15) is 0 Å². The van der Waals surface area contributed by atoms with Gasteiger partial charge in [0.05, 0.1) is 0 Å². The van der Waals surface area contributed by atoms with Crippen molar-refractivity contribution in [3.8, 4) is 11.1 Å². The van der Waals surface area contributed by atoms with Crippen LogP contribution in [0.3, 0.4) is 0 Å². The average molecular weight is 527 g/mol. The van der Waals surface area contributed by atoms with Gasteiger partial charge >= 0.3 is 37.7 Å². The van der Waals surface area contributed by atoms with Crippen LogP contribution in [-0.2, 0) is 33.4 Å². The number of unbranched alkanes of at least 4 members (excludes halogenated alkanes) is 2. The van der Waals surface area contributed by atoms with E-state index in [1.54, 1.807) is 0 Å². The van der Waals surface area contributed by atoms with E-state index in [-0.39, 0.29) is 0 Å². The van der Waals surface area contributed by atoms with Crippen LogP contribution in [0.5, 0.6) is 0 Å². The van der Waals surface area contributed by atoms with Crippen LogP contribution in [0.2, 0.25) is 0 Å². The van der Waals surface area contributed by atoms with Gasteiger partial charge in [-0.2, -0.15) is 0 Å². The molecule has 1 aliphatic carbocycles. The van der Waals surface area contributed by atoms with E-state index < -0.39 is 20.5 Å². The molecular formula is C21H25Cl2Hf. The number of rotatable bonds is 6. The molecule has 0 atom stereocenters. The molecule has 3 rings (SSSR count). The Morgan fingerprint density at radius 1 is 0.750 bits per heavy atom. The number of benzene rings is 2. The number of hydrogen-bond acceptors (Lipinski definition) is 0.